The smallest absolute Gasteiger partial charge is 0.0982 e. The Morgan fingerprint density at radius 3 is 2.57 bits per heavy atom. The molecule has 1 aromatic carbocycles. The van der Waals surface area contributed by atoms with Gasteiger partial charge in [-0.3, -0.25) is 4.99 Å². The van der Waals surface area contributed by atoms with Gasteiger partial charge in [-0.1, -0.05) is 55.9 Å². The number of nitrogens with zero attached hydrogens (tertiary/aromatic N) is 1. The van der Waals surface area contributed by atoms with Gasteiger partial charge in [-0.15, -0.1) is 0 Å². The first kappa shape index (κ1) is 9.78. The number of aliphatic imine (C=N–C) groups is 1. The Morgan fingerprint density at radius 2 is 1.93 bits per heavy atom. The van der Waals surface area contributed by atoms with Crippen molar-refractivity contribution in [3.8, 4) is 0 Å². The molecule has 1 aliphatic rings. The molecule has 0 radical (unpaired) electrons. The Morgan fingerprint density at radius 1 is 1.21 bits per heavy atom. The highest BCUT2D eigenvalue weighted by atomic mass is 32.2. The molecule has 0 aliphatic carbocycles. The molecule has 1 heterocycles. The summed E-state index contributed by atoms with van der Waals surface area (Å²) in [6.07, 6.45) is 1.17. The summed E-state index contributed by atoms with van der Waals surface area (Å²) in [6, 6.07) is 10.4. The van der Waals surface area contributed by atoms with E-state index in [1.165, 1.54) is 17.0 Å². The van der Waals surface area contributed by atoms with Crippen molar-refractivity contribution in [2.75, 3.05) is 6.54 Å². The molecule has 2 heteroatoms. The van der Waals surface area contributed by atoms with Gasteiger partial charge in [-0.25, -0.2) is 0 Å². The maximum Gasteiger partial charge on any atom is 0.0982 e. The molecule has 14 heavy (non-hydrogen) atoms. The average Bonchev–Trinajstić information content (AvgIpc) is 2.18. The lowest BCUT2D eigenvalue weighted by atomic mass is 10.1. The second-order valence-electron chi connectivity index (χ2n) is 4.16. The number of rotatable bonds is 1. The molecule has 0 N–H and O–H groups in total. The summed E-state index contributed by atoms with van der Waals surface area (Å²) in [6.45, 7) is 5.54. The van der Waals surface area contributed by atoms with Crippen LogP contribution in [-0.2, 0) is 0 Å². The van der Waals surface area contributed by atoms with Crippen LogP contribution in [0.1, 0.15) is 25.8 Å². The number of benzene rings is 1. The van der Waals surface area contributed by atoms with Crippen LogP contribution in [0.4, 0.5) is 0 Å². The standard InChI is InChI=1S/C12H15NS/c1-12(2)8-9-13-11(14-12)10-6-4-3-5-7-10/h3-7H,8-9H2,1-2H3. The largest absolute Gasteiger partial charge is 0.278 e. The van der Waals surface area contributed by atoms with Crippen molar-refractivity contribution < 1.29 is 0 Å². The van der Waals surface area contributed by atoms with Gasteiger partial charge in [0, 0.05) is 16.9 Å². The van der Waals surface area contributed by atoms with Crippen LogP contribution in [0.3, 0.4) is 0 Å². The fourth-order valence-electron chi connectivity index (χ4n) is 1.50. The van der Waals surface area contributed by atoms with Gasteiger partial charge in [0.2, 0.25) is 0 Å². The van der Waals surface area contributed by atoms with E-state index in [9.17, 15) is 0 Å². The van der Waals surface area contributed by atoms with E-state index in [2.05, 4.69) is 43.1 Å². The minimum Gasteiger partial charge on any atom is -0.278 e. The number of hydrogen-bond acceptors (Lipinski definition) is 2. The molecule has 0 spiro atoms. The van der Waals surface area contributed by atoms with Crippen LogP contribution in [0.5, 0.6) is 0 Å². The second-order valence-corrected chi connectivity index (χ2v) is 5.86. The van der Waals surface area contributed by atoms with Crippen LogP contribution in [0.15, 0.2) is 35.3 Å². The summed E-state index contributed by atoms with van der Waals surface area (Å²) in [4.78, 5) is 4.57. The molecule has 0 fully saturated rings. The van der Waals surface area contributed by atoms with Gasteiger partial charge in [-0.2, -0.15) is 0 Å². The van der Waals surface area contributed by atoms with Crippen LogP contribution in [0.2, 0.25) is 0 Å². The fraction of sp³-hybridized carbons (Fsp3) is 0.417. The van der Waals surface area contributed by atoms with Crippen molar-refractivity contribution in [2.45, 2.75) is 25.0 Å². The molecule has 0 bridgehead atoms. The third-order valence-electron chi connectivity index (χ3n) is 2.36. The maximum absolute atomic E-state index is 4.57. The van der Waals surface area contributed by atoms with E-state index < -0.39 is 0 Å². The molecule has 1 nitrogen and oxygen atoms in total. The normalized spacial score (nSPS) is 20.3. The van der Waals surface area contributed by atoms with Crippen molar-refractivity contribution in [1.82, 2.24) is 0 Å². The maximum atomic E-state index is 4.57. The summed E-state index contributed by atoms with van der Waals surface area (Å²) in [5.74, 6) is 0. The zero-order valence-corrected chi connectivity index (χ0v) is 9.47. The number of thioether (sulfide) groups is 1. The Bertz CT molecular complexity index is 341. The summed E-state index contributed by atoms with van der Waals surface area (Å²) in [5, 5.41) is 1.20. The van der Waals surface area contributed by atoms with Crippen molar-refractivity contribution in [3.63, 3.8) is 0 Å². The minimum absolute atomic E-state index is 0.340. The molecule has 0 atom stereocenters. The van der Waals surface area contributed by atoms with E-state index in [1.807, 2.05) is 17.8 Å². The molecule has 74 valence electrons. The van der Waals surface area contributed by atoms with E-state index in [1.54, 1.807) is 0 Å². The summed E-state index contributed by atoms with van der Waals surface area (Å²) >= 11 is 1.89. The SMILES string of the molecule is CC1(C)CCN=C(c2ccccc2)S1. The highest BCUT2D eigenvalue weighted by Crippen LogP contribution is 2.34. The van der Waals surface area contributed by atoms with E-state index in [0.717, 1.165) is 6.54 Å². The lowest BCUT2D eigenvalue weighted by molar-refractivity contribution is 0.647. The van der Waals surface area contributed by atoms with Gasteiger partial charge < -0.3 is 0 Å². The van der Waals surface area contributed by atoms with Crippen molar-refractivity contribution in [3.05, 3.63) is 35.9 Å². The second kappa shape index (κ2) is 3.77. The first-order valence-electron chi connectivity index (χ1n) is 4.96. The van der Waals surface area contributed by atoms with Gasteiger partial charge in [0.15, 0.2) is 0 Å². The molecule has 0 amide bonds. The van der Waals surface area contributed by atoms with Crippen LogP contribution in [0.25, 0.3) is 0 Å². The Hall–Kier alpha value is -0.760. The van der Waals surface area contributed by atoms with Gasteiger partial charge in [0.05, 0.1) is 5.04 Å². The Labute approximate surface area is 89.6 Å². The summed E-state index contributed by atoms with van der Waals surface area (Å²) in [7, 11) is 0. The van der Waals surface area contributed by atoms with E-state index in [4.69, 9.17) is 0 Å². The molecule has 0 aromatic heterocycles. The van der Waals surface area contributed by atoms with E-state index >= 15 is 0 Å². The predicted molar refractivity (Wildman–Crippen MR) is 64.1 cm³/mol. The van der Waals surface area contributed by atoms with Gasteiger partial charge in [-0.05, 0) is 6.42 Å². The van der Waals surface area contributed by atoms with Crippen LogP contribution in [0, 0.1) is 0 Å². The Kier molecular flexibility index (Phi) is 2.64. The first-order chi connectivity index (χ1) is 6.67. The van der Waals surface area contributed by atoms with Crippen molar-refractivity contribution >= 4 is 16.8 Å². The summed E-state index contributed by atoms with van der Waals surface area (Å²) < 4.78 is 0.340. The van der Waals surface area contributed by atoms with Gasteiger partial charge in [0.25, 0.3) is 0 Å². The highest BCUT2D eigenvalue weighted by Gasteiger charge is 2.25. The third-order valence-corrected chi connectivity index (χ3v) is 3.68. The van der Waals surface area contributed by atoms with Crippen molar-refractivity contribution in [2.24, 2.45) is 4.99 Å². The average molecular weight is 205 g/mol. The molecule has 2 rings (SSSR count). The monoisotopic (exact) mass is 205 g/mol. The molecular weight excluding hydrogens is 190 g/mol. The molecule has 0 saturated carbocycles. The van der Waals surface area contributed by atoms with Crippen LogP contribution < -0.4 is 0 Å². The Balaban J connectivity index is 2.24. The zero-order valence-electron chi connectivity index (χ0n) is 8.66. The van der Waals surface area contributed by atoms with E-state index in [-0.39, 0.29) is 0 Å². The lowest BCUT2D eigenvalue weighted by Gasteiger charge is -2.28. The zero-order chi connectivity index (χ0) is 10.0. The van der Waals surface area contributed by atoms with E-state index in [0.29, 0.717) is 4.75 Å². The van der Waals surface area contributed by atoms with Crippen LogP contribution >= 0.6 is 11.8 Å². The van der Waals surface area contributed by atoms with Crippen molar-refractivity contribution in [1.29, 1.82) is 0 Å². The van der Waals surface area contributed by atoms with Gasteiger partial charge >= 0.3 is 0 Å². The first-order valence-corrected chi connectivity index (χ1v) is 5.78. The van der Waals surface area contributed by atoms with Gasteiger partial charge in [0.1, 0.15) is 0 Å². The molecule has 1 aliphatic heterocycles. The number of hydrogen-bond donors (Lipinski definition) is 0. The molecule has 0 saturated heterocycles. The topological polar surface area (TPSA) is 12.4 Å². The fourth-order valence-corrected chi connectivity index (χ4v) is 2.63. The molecule has 0 unspecified atom stereocenters. The third kappa shape index (κ3) is 2.18. The lowest BCUT2D eigenvalue weighted by Crippen LogP contribution is -2.23. The summed E-state index contributed by atoms with van der Waals surface area (Å²) in [5.41, 5.74) is 1.25. The molecular formula is C12H15NS. The predicted octanol–water partition coefficient (Wildman–Crippen LogP) is 3.35. The minimum atomic E-state index is 0.340. The van der Waals surface area contributed by atoms with Crippen LogP contribution in [-0.4, -0.2) is 16.3 Å². The molecule has 1 aromatic rings. The quantitative estimate of drug-likeness (QED) is 0.685. The highest BCUT2D eigenvalue weighted by molar-refractivity contribution is 8.15.